The van der Waals surface area contributed by atoms with E-state index in [1.54, 1.807) is 29.2 Å². The molecule has 0 bridgehead atoms. The summed E-state index contributed by atoms with van der Waals surface area (Å²) in [6.07, 6.45) is 1.63. The average molecular weight is 457 g/mol. The molecule has 1 aliphatic rings. The van der Waals surface area contributed by atoms with Crippen molar-refractivity contribution in [1.82, 2.24) is 9.62 Å². The van der Waals surface area contributed by atoms with Gasteiger partial charge in [0.05, 0.1) is 17.2 Å². The first-order valence-electron chi connectivity index (χ1n) is 9.18. The first kappa shape index (κ1) is 21.9. The first-order chi connectivity index (χ1) is 13.7. The van der Waals surface area contributed by atoms with Gasteiger partial charge in [0.2, 0.25) is 10.0 Å². The molecule has 156 valence electrons. The van der Waals surface area contributed by atoms with E-state index in [0.717, 1.165) is 18.4 Å². The summed E-state index contributed by atoms with van der Waals surface area (Å²) in [5.41, 5.74) is 1.09. The summed E-state index contributed by atoms with van der Waals surface area (Å²) in [6.45, 7) is 2.61. The second kappa shape index (κ2) is 8.92. The largest absolute Gasteiger partial charge is 0.495 e. The molecule has 29 heavy (non-hydrogen) atoms. The Morgan fingerprint density at radius 3 is 2.48 bits per heavy atom. The van der Waals surface area contributed by atoms with E-state index in [2.05, 4.69) is 4.72 Å². The number of ether oxygens (including phenoxy) is 1. The number of halogens is 2. The van der Waals surface area contributed by atoms with Crippen molar-refractivity contribution in [3.05, 3.63) is 57.6 Å². The lowest BCUT2D eigenvalue weighted by Crippen LogP contribution is -2.31. The maximum atomic E-state index is 13.1. The van der Waals surface area contributed by atoms with Crippen LogP contribution in [-0.2, 0) is 16.6 Å². The van der Waals surface area contributed by atoms with Crippen LogP contribution in [0, 0.1) is 0 Å². The van der Waals surface area contributed by atoms with Crippen molar-refractivity contribution in [3.8, 4) is 5.75 Å². The van der Waals surface area contributed by atoms with Gasteiger partial charge in [-0.15, -0.1) is 0 Å². The molecule has 1 fully saturated rings. The van der Waals surface area contributed by atoms with Crippen molar-refractivity contribution >= 4 is 39.1 Å². The predicted octanol–water partition coefficient (Wildman–Crippen LogP) is 4.11. The highest BCUT2D eigenvalue weighted by Crippen LogP contribution is 2.29. The van der Waals surface area contributed by atoms with Crippen LogP contribution in [0.2, 0.25) is 10.0 Å². The van der Waals surface area contributed by atoms with Gasteiger partial charge in [0.15, 0.2) is 0 Å². The number of carbonyl (C=O) groups is 1. The second-order valence-corrected chi connectivity index (χ2v) is 9.33. The number of nitrogens with zero attached hydrogens (tertiary/aromatic N) is 1. The lowest BCUT2D eigenvalue weighted by atomic mass is 10.1. The SMILES string of the molecule is CCN(Cc1ccc(Cl)c(Cl)c1)C(=O)c1ccc(OC)c(S(=O)(=O)NC2CC2)c1. The van der Waals surface area contributed by atoms with Crippen LogP contribution >= 0.6 is 23.2 Å². The average Bonchev–Trinajstić information content (AvgIpc) is 3.51. The number of carbonyl (C=O) groups excluding carboxylic acids is 1. The van der Waals surface area contributed by atoms with Crippen LogP contribution in [-0.4, -0.2) is 38.9 Å². The summed E-state index contributed by atoms with van der Waals surface area (Å²) < 4.78 is 33.2. The number of hydrogen-bond acceptors (Lipinski definition) is 4. The summed E-state index contributed by atoms with van der Waals surface area (Å²) in [6, 6.07) is 9.57. The molecule has 9 heteroatoms. The minimum absolute atomic E-state index is 0.0386. The molecule has 1 saturated carbocycles. The Morgan fingerprint density at radius 1 is 1.17 bits per heavy atom. The van der Waals surface area contributed by atoms with Gasteiger partial charge >= 0.3 is 0 Å². The highest BCUT2D eigenvalue weighted by molar-refractivity contribution is 7.89. The summed E-state index contributed by atoms with van der Waals surface area (Å²) in [7, 11) is -2.38. The molecule has 3 rings (SSSR count). The molecule has 0 saturated heterocycles. The molecule has 0 aromatic heterocycles. The number of sulfonamides is 1. The van der Waals surface area contributed by atoms with Gasteiger partial charge in [0.25, 0.3) is 5.91 Å². The van der Waals surface area contributed by atoms with Crippen LogP contribution in [0.5, 0.6) is 5.75 Å². The molecular weight excluding hydrogens is 435 g/mol. The van der Waals surface area contributed by atoms with Crippen molar-refractivity contribution < 1.29 is 17.9 Å². The quantitative estimate of drug-likeness (QED) is 0.648. The fraction of sp³-hybridized carbons (Fsp3) is 0.350. The maximum absolute atomic E-state index is 13.1. The Bertz CT molecular complexity index is 1020. The summed E-state index contributed by atoms with van der Waals surface area (Å²) in [5, 5.41) is 0.856. The molecule has 1 amide bonds. The van der Waals surface area contributed by atoms with Gasteiger partial charge in [0.1, 0.15) is 10.6 Å². The molecule has 6 nitrogen and oxygen atoms in total. The lowest BCUT2D eigenvalue weighted by Gasteiger charge is -2.22. The predicted molar refractivity (Wildman–Crippen MR) is 113 cm³/mol. The molecule has 1 N–H and O–H groups in total. The molecule has 0 aliphatic heterocycles. The molecule has 0 heterocycles. The molecule has 0 radical (unpaired) electrons. The van der Waals surface area contributed by atoms with E-state index in [0.29, 0.717) is 23.1 Å². The fourth-order valence-corrected chi connectivity index (χ4v) is 4.69. The Kier molecular flexibility index (Phi) is 6.73. The zero-order valence-electron chi connectivity index (χ0n) is 16.1. The molecule has 0 atom stereocenters. The van der Waals surface area contributed by atoms with E-state index in [1.165, 1.54) is 19.2 Å². The van der Waals surface area contributed by atoms with Crippen LogP contribution in [0.1, 0.15) is 35.7 Å². The number of hydrogen-bond donors (Lipinski definition) is 1. The number of amides is 1. The highest BCUT2D eigenvalue weighted by Gasteiger charge is 2.30. The minimum atomic E-state index is -3.78. The zero-order valence-corrected chi connectivity index (χ0v) is 18.4. The minimum Gasteiger partial charge on any atom is -0.495 e. The fourth-order valence-electron chi connectivity index (χ4n) is 2.87. The number of rotatable bonds is 8. The van der Waals surface area contributed by atoms with Crippen molar-refractivity contribution in [2.45, 2.75) is 37.2 Å². The standard InChI is InChI=1S/C20H22Cl2N2O4S/c1-3-24(12-13-4-8-16(21)17(22)10-13)20(25)14-5-9-18(28-2)19(11-14)29(26,27)23-15-6-7-15/h4-5,8-11,15,23H,3,6-7,12H2,1-2H3. The van der Waals surface area contributed by atoms with Gasteiger partial charge < -0.3 is 9.64 Å². The highest BCUT2D eigenvalue weighted by atomic mass is 35.5. The first-order valence-corrected chi connectivity index (χ1v) is 11.4. The smallest absolute Gasteiger partial charge is 0.254 e. The second-order valence-electron chi connectivity index (χ2n) is 6.83. The van der Waals surface area contributed by atoms with Gasteiger partial charge in [-0.3, -0.25) is 4.79 Å². The Morgan fingerprint density at radius 2 is 1.90 bits per heavy atom. The number of benzene rings is 2. The summed E-state index contributed by atoms with van der Waals surface area (Å²) in [4.78, 5) is 14.6. The third-order valence-corrected chi connectivity index (χ3v) is 6.91. The van der Waals surface area contributed by atoms with Crippen LogP contribution in [0.15, 0.2) is 41.3 Å². The molecular formula is C20H22Cl2N2O4S. The Hall–Kier alpha value is -1.80. The van der Waals surface area contributed by atoms with Gasteiger partial charge in [-0.2, -0.15) is 0 Å². The third-order valence-electron chi connectivity index (χ3n) is 4.63. The molecule has 1 aliphatic carbocycles. The van der Waals surface area contributed by atoms with Crippen molar-refractivity contribution in [3.63, 3.8) is 0 Å². The van der Waals surface area contributed by atoms with Gasteiger partial charge in [-0.05, 0) is 55.7 Å². The van der Waals surface area contributed by atoms with E-state index in [1.807, 2.05) is 6.92 Å². The molecule has 2 aromatic carbocycles. The van der Waals surface area contributed by atoms with E-state index in [-0.39, 0.29) is 28.2 Å². The Labute approximate surface area is 180 Å². The van der Waals surface area contributed by atoms with Gasteiger partial charge in [0, 0.05) is 24.7 Å². The van der Waals surface area contributed by atoms with E-state index >= 15 is 0 Å². The summed E-state index contributed by atoms with van der Waals surface area (Å²) >= 11 is 12.0. The molecule has 0 unspecified atom stereocenters. The normalized spacial score (nSPS) is 13.9. The molecule has 0 spiro atoms. The van der Waals surface area contributed by atoms with E-state index in [4.69, 9.17) is 27.9 Å². The monoisotopic (exact) mass is 456 g/mol. The topological polar surface area (TPSA) is 75.7 Å². The van der Waals surface area contributed by atoms with Crippen molar-refractivity contribution in [1.29, 1.82) is 0 Å². The maximum Gasteiger partial charge on any atom is 0.254 e. The number of methoxy groups -OCH3 is 1. The lowest BCUT2D eigenvalue weighted by molar-refractivity contribution is 0.0752. The van der Waals surface area contributed by atoms with Gasteiger partial charge in [-0.1, -0.05) is 29.3 Å². The summed E-state index contributed by atoms with van der Waals surface area (Å²) in [5.74, 6) is -0.0914. The van der Waals surface area contributed by atoms with E-state index in [9.17, 15) is 13.2 Å². The van der Waals surface area contributed by atoms with Crippen LogP contribution in [0.4, 0.5) is 0 Å². The van der Waals surface area contributed by atoms with E-state index < -0.39 is 10.0 Å². The Balaban J connectivity index is 1.88. The molecule has 2 aromatic rings. The van der Waals surface area contributed by atoms with Gasteiger partial charge in [-0.25, -0.2) is 13.1 Å². The van der Waals surface area contributed by atoms with Crippen LogP contribution in [0.25, 0.3) is 0 Å². The van der Waals surface area contributed by atoms with Crippen LogP contribution < -0.4 is 9.46 Å². The van der Waals surface area contributed by atoms with Crippen molar-refractivity contribution in [2.75, 3.05) is 13.7 Å². The zero-order chi connectivity index (χ0) is 21.2. The van der Waals surface area contributed by atoms with Crippen LogP contribution in [0.3, 0.4) is 0 Å². The van der Waals surface area contributed by atoms with Crippen molar-refractivity contribution in [2.24, 2.45) is 0 Å². The third kappa shape index (κ3) is 5.22. The number of nitrogens with one attached hydrogen (secondary N) is 1.